The summed E-state index contributed by atoms with van der Waals surface area (Å²) in [6.45, 7) is 2.54. The molecule has 114 valence electrons. The van der Waals surface area contributed by atoms with E-state index >= 15 is 0 Å². The van der Waals surface area contributed by atoms with Gasteiger partial charge in [-0.25, -0.2) is 8.42 Å². The van der Waals surface area contributed by atoms with E-state index in [0.29, 0.717) is 16.6 Å². The van der Waals surface area contributed by atoms with Gasteiger partial charge in [0.1, 0.15) is 5.01 Å². The minimum atomic E-state index is -3.28. The van der Waals surface area contributed by atoms with Gasteiger partial charge >= 0.3 is 0 Å². The highest BCUT2D eigenvalue weighted by Crippen LogP contribution is 2.22. The Morgan fingerprint density at radius 2 is 2.14 bits per heavy atom. The topological polar surface area (TPSA) is 72.0 Å². The highest BCUT2D eigenvalue weighted by molar-refractivity contribution is 7.92. The fraction of sp³-hybridized carbons (Fsp3) is 0.385. The predicted octanol–water partition coefficient (Wildman–Crippen LogP) is 2.84. The van der Waals surface area contributed by atoms with Crippen molar-refractivity contribution in [1.82, 2.24) is 15.5 Å². The summed E-state index contributed by atoms with van der Waals surface area (Å²) in [5.74, 6) is 0. The van der Waals surface area contributed by atoms with Crippen molar-refractivity contribution in [2.45, 2.75) is 30.3 Å². The van der Waals surface area contributed by atoms with Crippen LogP contribution in [0.3, 0.4) is 0 Å². The molecule has 1 aromatic carbocycles. The van der Waals surface area contributed by atoms with Crippen LogP contribution in [0.5, 0.6) is 0 Å². The molecule has 8 heteroatoms. The fourth-order valence-corrected chi connectivity index (χ4v) is 3.69. The van der Waals surface area contributed by atoms with Crippen LogP contribution in [0.15, 0.2) is 28.6 Å². The smallest absolute Gasteiger partial charge is 0.232 e. The number of rotatable bonds is 6. The second-order valence-electron chi connectivity index (χ2n) is 4.63. The summed E-state index contributed by atoms with van der Waals surface area (Å²) in [5.41, 5.74) is 1.10. The van der Waals surface area contributed by atoms with E-state index in [1.165, 1.54) is 0 Å². The van der Waals surface area contributed by atoms with Crippen LogP contribution < -0.4 is 5.32 Å². The van der Waals surface area contributed by atoms with E-state index in [9.17, 15) is 8.42 Å². The van der Waals surface area contributed by atoms with E-state index in [1.54, 1.807) is 0 Å². The van der Waals surface area contributed by atoms with E-state index in [4.69, 9.17) is 11.6 Å². The second-order valence-corrected chi connectivity index (χ2v) is 8.32. The first kappa shape index (κ1) is 16.4. The maximum Gasteiger partial charge on any atom is 0.232 e. The van der Waals surface area contributed by atoms with E-state index in [1.807, 2.05) is 24.3 Å². The number of hydrogen-bond acceptors (Lipinski definition) is 6. The number of halogens is 1. The first-order valence-electron chi connectivity index (χ1n) is 6.41. The largest absolute Gasteiger partial charge is 0.304 e. The van der Waals surface area contributed by atoms with Crippen LogP contribution in [0, 0.1) is 0 Å². The maximum atomic E-state index is 11.4. The summed E-state index contributed by atoms with van der Waals surface area (Å²) in [6.07, 6.45) is 2.02. The third-order valence-corrected chi connectivity index (χ3v) is 5.75. The number of benzene rings is 1. The zero-order valence-electron chi connectivity index (χ0n) is 11.7. The third kappa shape index (κ3) is 4.47. The van der Waals surface area contributed by atoms with Crippen molar-refractivity contribution < 1.29 is 8.42 Å². The molecule has 0 radical (unpaired) electrons. The van der Waals surface area contributed by atoms with Crippen molar-refractivity contribution in [3.8, 4) is 0 Å². The molecule has 0 aliphatic carbocycles. The Morgan fingerprint density at radius 3 is 2.71 bits per heavy atom. The molecule has 0 amide bonds. The van der Waals surface area contributed by atoms with Crippen molar-refractivity contribution >= 4 is 32.8 Å². The third-order valence-electron chi connectivity index (χ3n) is 2.92. The average Bonchev–Trinajstić information content (AvgIpc) is 2.88. The fourth-order valence-electron chi connectivity index (χ4n) is 1.89. The summed E-state index contributed by atoms with van der Waals surface area (Å²) in [5, 5.41) is 12.3. The van der Waals surface area contributed by atoms with Gasteiger partial charge in [0, 0.05) is 17.3 Å². The molecule has 1 aromatic heterocycles. The van der Waals surface area contributed by atoms with Gasteiger partial charge in [-0.05, 0) is 24.1 Å². The number of sulfone groups is 1. The van der Waals surface area contributed by atoms with Gasteiger partial charge in [0.05, 0.1) is 6.54 Å². The Labute approximate surface area is 133 Å². The summed E-state index contributed by atoms with van der Waals surface area (Å²) in [7, 11) is -3.28. The molecular formula is C13H16ClN3O2S2. The van der Waals surface area contributed by atoms with E-state index in [2.05, 4.69) is 22.4 Å². The average molecular weight is 346 g/mol. The molecule has 2 aromatic rings. The Hall–Kier alpha value is -1.02. The van der Waals surface area contributed by atoms with Crippen molar-refractivity contribution in [2.24, 2.45) is 0 Å². The number of hydrogen-bond donors (Lipinski definition) is 1. The highest BCUT2D eigenvalue weighted by Gasteiger charge is 2.15. The Bertz CT molecular complexity index is 716. The quantitative estimate of drug-likeness (QED) is 0.871. The van der Waals surface area contributed by atoms with E-state index < -0.39 is 9.84 Å². The lowest BCUT2D eigenvalue weighted by molar-refractivity contribution is 0.516. The van der Waals surface area contributed by atoms with Gasteiger partial charge in [-0.2, -0.15) is 0 Å². The molecule has 21 heavy (non-hydrogen) atoms. The lowest BCUT2D eigenvalue weighted by atomic mass is 10.0. The molecule has 2 rings (SSSR count). The molecule has 0 saturated carbocycles. The van der Waals surface area contributed by atoms with Gasteiger partial charge in [0.25, 0.3) is 0 Å². The molecule has 0 spiro atoms. The zero-order chi connectivity index (χ0) is 15.5. The van der Waals surface area contributed by atoms with Crippen LogP contribution in [0.2, 0.25) is 5.02 Å². The maximum absolute atomic E-state index is 11.4. The molecule has 0 aliphatic heterocycles. The zero-order valence-corrected chi connectivity index (χ0v) is 14.1. The molecule has 1 heterocycles. The molecule has 0 saturated heterocycles. The Kier molecular flexibility index (Phi) is 5.32. The van der Waals surface area contributed by atoms with E-state index in [0.717, 1.165) is 29.6 Å². The summed E-state index contributed by atoms with van der Waals surface area (Å²) in [6, 6.07) is 7.81. The predicted molar refractivity (Wildman–Crippen MR) is 84.3 cm³/mol. The number of aromatic nitrogens is 2. The molecule has 1 unspecified atom stereocenters. The van der Waals surface area contributed by atoms with Gasteiger partial charge in [-0.3, -0.25) is 0 Å². The standard InChI is InChI=1S/C13H16ClN3O2S2/c1-3-11(9-5-4-6-10(14)7-9)15-8-12-16-17-13(20-12)21(2,18)19/h4-7,11,15H,3,8H2,1-2H3. The van der Waals surface area contributed by atoms with Gasteiger partial charge < -0.3 is 5.32 Å². The van der Waals surface area contributed by atoms with Gasteiger partial charge in [0.2, 0.25) is 14.2 Å². The Morgan fingerprint density at radius 1 is 1.38 bits per heavy atom. The van der Waals surface area contributed by atoms with Crippen LogP contribution in [0.1, 0.15) is 30.0 Å². The lowest BCUT2D eigenvalue weighted by Gasteiger charge is -2.16. The molecule has 1 atom stereocenters. The monoisotopic (exact) mass is 345 g/mol. The van der Waals surface area contributed by atoms with Gasteiger partial charge in [-0.1, -0.05) is 42.0 Å². The van der Waals surface area contributed by atoms with Crippen molar-refractivity contribution in [2.75, 3.05) is 6.26 Å². The minimum absolute atomic E-state index is 0.0510. The molecular weight excluding hydrogens is 330 g/mol. The molecule has 5 nitrogen and oxygen atoms in total. The van der Waals surface area contributed by atoms with Crippen LogP contribution >= 0.6 is 22.9 Å². The summed E-state index contributed by atoms with van der Waals surface area (Å²) < 4.78 is 22.8. The molecule has 0 fully saturated rings. The minimum Gasteiger partial charge on any atom is -0.304 e. The first-order valence-corrected chi connectivity index (χ1v) is 9.50. The van der Waals surface area contributed by atoms with Gasteiger partial charge in [0.15, 0.2) is 0 Å². The van der Waals surface area contributed by atoms with Crippen LogP contribution in [0.4, 0.5) is 0 Å². The van der Waals surface area contributed by atoms with Crippen LogP contribution in [-0.2, 0) is 16.4 Å². The van der Waals surface area contributed by atoms with Crippen LogP contribution in [0.25, 0.3) is 0 Å². The lowest BCUT2D eigenvalue weighted by Crippen LogP contribution is -2.20. The van der Waals surface area contributed by atoms with E-state index in [-0.39, 0.29) is 10.4 Å². The van der Waals surface area contributed by atoms with Crippen LogP contribution in [-0.4, -0.2) is 24.9 Å². The SMILES string of the molecule is CCC(NCc1nnc(S(C)(=O)=O)s1)c1cccc(Cl)c1. The van der Waals surface area contributed by atoms with Gasteiger partial charge in [-0.15, -0.1) is 10.2 Å². The first-order chi connectivity index (χ1) is 9.90. The molecule has 1 N–H and O–H groups in total. The molecule has 0 bridgehead atoms. The Balaban J connectivity index is 2.05. The highest BCUT2D eigenvalue weighted by atomic mass is 35.5. The number of nitrogens with one attached hydrogen (secondary N) is 1. The van der Waals surface area contributed by atoms with Crippen molar-refractivity contribution in [1.29, 1.82) is 0 Å². The second kappa shape index (κ2) is 6.83. The van der Waals surface area contributed by atoms with Crippen molar-refractivity contribution in [3.05, 3.63) is 39.9 Å². The normalized spacial score (nSPS) is 13.3. The number of nitrogens with zero attached hydrogens (tertiary/aromatic N) is 2. The van der Waals surface area contributed by atoms with Crippen molar-refractivity contribution in [3.63, 3.8) is 0 Å². The summed E-state index contributed by atoms with van der Waals surface area (Å²) >= 11 is 7.09. The molecule has 0 aliphatic rings. The summed E-state index contributed by atoms with van der Waals surface area (Å²) in [4.78, 5) is 0.